The molecule has 0 heterocycles. The van der Waals surface area contributed by atoms with Crippen LogP contribution in [-0.2, 0) is 9.84 Å². The molecule has 20 heavy (non-hydrogen) atoms. The standard InChI is InChI=1S/C16H21NO2S/c1-3-10-20(18,19)12-16(17-2)15-9-8-13-6-4-5-7-14(13)11-15/h4-9,11,16-17H,3,10,12H2,1-2H3. The van der Waals surface area contributed by atoms with Crippen LogP contribution in [0.5, 0.6) is 0 Å². The summed E-state index contributed by atoms with van der Waals surface area (Å²) in [5.41, 5.74) is 1.02. The third-order valence-electron chi connectivity index (χ3n) is 3.46. The van der Waals surface area contributed by atoms with Gasteiger partial charge in [-0.1, -0.05) is 43.3 Å². The first-order valence-electron chi connectivity index (χ1n) is 6.92. The van der Waals surface area contributed by atoms with Crippen LogP contribution in [0, 0.1) is 0 Å². The van der Waals surface area contributed by atoms with Gasteiger partial charge in [-0.05, 0) is 35.9 Å². The van der Waals surface area contributed by atoms with E-state index in [1.165, 1.54) is 5.39 Å². The van der Waals surface area contributed by atoms with E-state index in [0.29, 0.717) is 6.42 Å². The number of hydrogen-bond donors (Lipinski definition) is 1. The molecule has 0 spiro atoms. The van der Waals surface area contributed by atoms with Gasteiger partial charge in [0.2, 0.25) is 0 Å². The first-order chi connectivity index (χ1) is 9.55. The summed E-state index contributed by atoms with van der Waals surface area (Å²) in [7, 11) is -1.20. The molecule has 0 fully saturated rings. The summed E-state index contributed by atoms with van der Waals surface area (Å²) in [6.07, 6.45) is 0.663. The van der Waals surface area contributed by atoms with E-state index in [4.69, 9.17) is 0 Å². The van der Waals surface area contributed by atoms with Gasteiger partial charge < -0.3 is 5.32 Å². The van der Waals surface area contributed by atoms with Crippen molar-refractivity contribution in [3.63, 3.8) is 0 Å². The molecule has 1 N–H and O–H groups in total. The zero-order valence-electron chi connectivity index (χ0n) is 12.0. The van der Waals surface area contributed by atoms with E-state index in [0.717, 1.165) is 10.9 Å². The van der Waals surface area contributed by atoms with Gasteiger partial charge in [0.05, 0.1) is 5.75 Å². The summed E-state index contributed by atoms with van der Waals surface area (Å²) in [5, 5.41) is 5.42. The van der Waals surface area contributed by atoms with Crippen molar-refractivity contribution in [1.29, 1.82) is 0 Å². The monoisotopic (exact) mass is 291 g/mol. The van der Waals surface area contributed by atoms with Gasteiger partial charge in [-0.3, -0.25) is 0 Å². The lowest BCUT2D eigenvalue weighted by molar-refractivity contribution is 0.573. The van der Waals surface area contributed by atoms with E-state index >= 15 is 0 Å². The van der Waals surface area contributed by atoms with Gasteiger partial charge in [-0.25, -0.2) is 8.42 Å². The smallest absolute Gasteiger partial charge is 0.152 e. The third-order valence-corrected chi connectivity index (χ3v) is 5.33. The lowest BCUT2D eigenvalue weighted by atomic mass is 10.0. The highest BCUT2D eigenvalue weighted by Gasteiger charge is 2.18. The van der Waals surface area contributed by atoms with Crippen molar-refractivity contribution in [3.05, 3.63) is 48.0 Å². The van der Waals surface area contributed by atoms with Crippen LogP contribution < -0.4 is 5.32 Å². The molecular formula is C16H21NO2S. The van der Waals surface area contributed by atoms with E-state index in [2.05, 4.69) is 17.4 Å². The molecular weight excluding hydrogens is 270 g/mol. The quantitative estimate of drug-likeness (QED) is 0.890. The fraction of sp³-hybridized carbons (Fsp3) is 0.375. The Morgan fingerprint density at radius 3 is 2.45 bits per heavy atom. The van der Waals surface area contributed by atoms with Crippen molar-refractivity contribution in [2.45, 2.75) is 19.4 Å². The second kappa shape index (κ2) is 6.37. The maximum atomic E-state index is 12.0. The number of rotatable bonds is 6. The Labute approximate surface area is 120 Å². The van der Waals surface area contributed by atoms with Crippen molar-refractivity contribution < 1.29 is 8.42 Å². The zero-order chi connectivity index (χ0) is 14.6. The average Bonchev–Trinajstić information content (AvgIpc) is 2.44. The third kappa shape index (κ3) is 3.58. The summed E-state index contributed by atoms with van der Waals surface area (Å²) >= 11 is 0. The van der Waals surface area contributed by atoms with Crippen LogP contribution in [0.4, 0.5) is 0 Å². The highest BCUT2D eigenvalue weighted by molar-refractivity contribution is 7.91. The highest BCUT2D eigenvalue weighted by Crippen LogP contribution is 2.21. The lowest BCUT2D eigenvalue weighted by Gasteiger charge is -2.17. The van der Waals surface area contributed by atoms with Crippen molar-refractivity contribution in [2.24, 2.45) is 0 Å². The normalized spacial score (nSPS) is 13.5. The Morgan fingerprint density at radius 1 is 1.10 bits per heavy atom. The molecule has 0 amide bonds. The molecule has 0 radical (unpaired) electrons. The maximum absolute atomic E-state index is 12.0. The molecule has 0 aliphatic heterocycles. The van der Waals surface area contributed by atoms with Gasteiger partial charge in [0.25, 0.3) is 0 Å². The topological polar surface area (TPSA) is 46.2 Å². The van der Waals surface area contributed by atoms with E-state index in [-0.39, 0.29) is 17.5 Å². The highest BCUT2D eigenvalue weighted by atomic mass is 32.2. The second-order valence-corrected chi connectivity index (χ2v) is 7.29. The van der Waals surface area contributed by atoms with Gasteiger partial charge in [-0.2, -0.15) is 0 Å². The minimum absolute atomic E-state index is 0.148. The molecule has 108 valence electrons. The lowest BCUT2D eigenvalue weighted by Crippen LogP contribution is -2.26. The van der Waals surface area contributed by atoms with Crippen molar-refractivity contribution >= 4 is 20.6 Å². The maximum Gasteiger partial charge on any atom is 0.152 e. The zero-order valence-corrected chi connectivity index (χ0v) is 12.8. The van der Waals surface area contributed by atoms with Crippen molar-refractivity contribution in [1.82, 2.24) is 5.32 Å². The van der Waals surface area contributed by atoms with E-state index in [1.807, 2.05) is 37.3 Å². The van der Waals surface area contributed by atoms with Crippen molar-refractivity contribution in [2.75, 3.05) is 18.6 Å². The predicted octanol–water partition coefficient (Wildman–Crippen LogP) is 2.93. The van der Waals surface area contributed by atoms with Gasteiger partial charge in [0.1, 0.15) is 0 Å². The van der Waals surface area contributed by atoms with Crippen LogP contribution in [0.2, 0.25) is 0 Å². The van der Waals surface area contributed by atoms with Crippen molar-refractivity contribution in [3.8, 4) is 0 Å². The molecule has 0 saturated carbocycles. The van der Waals surface area contributed by atoms with Gasteiger partial charge in [0.15, 0.2) is 9.84 Å². The molecule has 3 nitrogen and oxygen atoms in total. The molecule has 0 aromatic heterocycles. The minimum atomic E-state index is -3.01. The first-order valence-corrected chi connectivity index (χ1v) is 8.74. The first kappa shape index (κ1) is 15.0. The molecule has 0 aliphatic rings. The van der Waals surface area contributed by atoms with Crippen LogP contribution in [0.25, 0.3) is 10.8 Å². The van der Waals surface area contributed by atoms with Crippen LogP contribution in [0.1, 0.15) is 24.9 Å². The van der Waals surface area contributed by atoms with E-state index in [1.54, 1.807) is 7.05 Å². The summed E-state index contributed by atoms with van der Waals surface area (Å²) < 4.78 is 24.0. The summed E-state index contributed by atoms with van der Waals surface area (Å²) in [6.45, 7) is 1.89. The van der Waals surface area contributed by atoms with Crippen LogP contribution in [0.15, 0.2) is 42.5 Å². The Morgan fingerprint density at radius 2 is 1.80 bits per heavy atom. The average molecular weight is 291 g/mol. The Kier molecular flexibility index (Phi) is 4.78. The fourth-order valence-electron chi connectivity index (χ4n) is 2.42. The van der Waals surface area contributed by atoms with Crippen LogP contribution >= 0.6 is 0 Å². The van der Waals surface area contributed by atoms with Crippen LogP contribution in [0.3, 0.4) is 0 Å². The van der Waals surface area contributed by atoms with E-state index in [9.17, 15) is 8.42 Å². The number of nitrogens with one attached hydrogen (secondary N) is 1. The second-order valence-electron chi connectivity index (χ2n) is 5.06. The molecule has 2 rings (SSSR count). The molecule has 1 unspecified atom stereocenters. The summed E-state index contributed by atoms with van der Waals surface area (Å²) in [6, 6.07) is 14.1. The molecule has 0 aliphatic carbocycles. The molecule has 4 heteroatoms. The van der Waals surface area contributed by atoms with Gasteiger partial charge in [-0.15, -0.1) is 0 Å². The molecule has 1 atom stereocenters. The Balaban J connectivity index is 2.30. The van der Waals surface area contributed by atoms with E-state index < -0.39 is 9.84 Å². The summed E-state index contributed by atoms with van der Waals surface area (Å²) in [4.78, 5) is 0. The largest absolute Gasteiger partial charge is 0.312 e. The number of fused-ring (bicyclic) bond motifs is 1. The molecule has 0 bridgehead atoms. The SMILES string of the molecule is CCCS(=O)(=O)CC(NC)c1ccc2ccccc2c1. The predicted molar refractivity (Wildman–Crippen MR) is 84.7 cm³/mol. The molecule has 2 aromatic carbocycles. The summed E-state index contributed by atoms with van der Waals surface area (Å²) in [5.74, 6) is 0.397. The number of sulfone groups is 1. The van der Waals surface area contributed by atoms with Crippen LogP contribution in [-0.4, -0.2) is 27.0 Å². The number of hydrogen-bond acceptors (Lipinski definition) is 3. The number of benzene rings is 2. The molecule has 2 aromatic rings. The van der Waals surface area contributed by atoms with Gasteiger partial charge in [0, 0.05) is 11.8 Å². The molecule has 0 saturated heterocycles. The minimum Gasteiger partial charge on any atom is -0.312 e. The van der Waals surface area contributed by atoms with Gasteiger partial charge >= 0.3 is 0 Å². The Hall–Kier alpha value is -1.39. The Bertz CT molecular complexity index is 680. The fourth-order valence-corrected chi connectivity index (χ4v) is 4.07.